The lowest BCUT2D eigenvalue weighted by Gasteiger charge is -2.42. The normalized spacial score (nSPS) is 22.2. The maximum atomic E-state index is 13.3. The molecule has 1 aliphatic heterocycles. The van der Waals surface area contributed by atoms with Crippen molar-refractivity contribution in [3.05, 3.63) is 70.3 Å². The number of ketones is 1. The average molecular weight is 478 g/mol. The summed E-state index contributed by atoms with van der Waals surface area (Å²) >= 11 is 0. The zero-order chi connectivity index (χ0) is 24.8. The van der Waals surface area contributed by atoms with Crippen molar-refractivity contribution in [1.82, 2.24) is 5.01 Å². The van der Waals surface area contributed by atoms with Gasteiger partial charge in [-0.3, -0.25) is 14.6 Å². The first-order valence-corrected chi connectivity index (χ1v) is 12.5. The van der Waals surface area contributed by atoms with Gasteiger partial charge < -0.3 is 15.6 Å². The number of nitrogens with two attached hydrogens (primary N) is 1. The number of carbonyl (C=O) groups is 2. The van der Waals surface area contributed by atoms with Crippen LogP contribution in [-0.2, 0) is 21.5 Å². The molecule has 0 bridgehead atoms. The maximum Gasteiger partial charge on any atom is 0.303 e. The molecule has 0 saturated carbocycles. The summed E-state index contributed by atoms with van der Waals surface area (Å²) in [5.74, 6) is -1.16. The van der Waals surface area contributed by atoms with Gasteiger partial charge >= 0.3 is 5.97 Å². The number of methoxy groups -OCH3 is 1. The number of nitrogens with zero attached hydrogens (tertiary/aromatic N) is 2. The Labute approximate surface area is 207 Å². The smallest absolute Gasteiger partial charge is 0.303 e. The SMILES string of the molecule is COCCC1(N)c2cc(C(=O)c3ccc(C=NN4CCCCC4)cc3)ccc2CCC1CC(=O)O. The van der Waals surface area contributed by atoms with Crippen LogP contribution in [0.15, 0.2) is 47.6 Å². The Kier molecular flexibility index (Phi) is 7.98. The molecule has 7 nitrogen and oxygen atoms in total. The number of rotatable bonds is 9. The number of fused-ring (bicyclic) bond motifs is 1. The van der Waals surface area contributed by atoms with Crippen molar-refractivity contribution in [2.24, 2.45) is 16.8 Å². The van der Waals surface area contributed by atoms with Gasteiger partial charge in [0, 0.05) is 43.5 Å². The third-order valence-electron chi connectivity index (χ3n) is 7.38. The number of hydrogen-bond acceptors (Lipinski definition) is 6. The van der Waals surface area contributed by atoms with Gasteiger partial charge in [0.15, 0.2) is 5.78 Å². The summed E-state index contributed by atoms with van der Waals surface area (Å²) in [5, 5.41) is 16.1. The van der Waals surface area contributed by atoms with Crippen LogP contribution >= 0.6 is 0 Å². The number of benzene rings is 2. The second kappa shape index (κ2) is 11.1. The van der Waals surface area contributed by atoms with Crippen molar-refractivity contribution >= 4 is 18.0 Å². The van der Waals surface area contributed by atoms with E-state index in [1.54, 1.807) is 7.11 Å². The highest BCUT2D eigenvalue weighted by molar-refractivity contribution is 6.09. The van der Waals surface area contributed by atoms with Crippen LogP contribution in [0.25, 0.3) is 0 Å². The van der Waals surface area contributed by atoms with E-state index in [2.05, 4.69) is 10.1 Å². The van der Waals surface area contributed by atoms with Crippen LogP contribution in [0.4, 0.5) is 0 Å². The molecule has 1 aliphatic carbocycles. The number of aliphatic carboxylic acids is 1. The van der Waals surface area contributed by atoms with Crippen molar-refractivity contribution in [2.75, 3.05) is 26.8 Å². The van der Waals surface area contributed by atoms with E-state index in [1.165, 1.54) is 19.3 Å². The Morgan fingerprint density at radius 2 is 1.86 bits per heavy atom. The Morgan fingerprint density at radius 1 is 1.14 bits per heavy atom. The fourth-order valence-corrected chi connectivity index (χ4v) is 5.31. The topological polar surface area (TPSA) is 105 Å². The summed E-state index contributed by atoms with van der Waals surface area (Å²) in [6.07, 6.45) is 7.42. The van der Waals surface area contributed by atoms with Crippen LogP contribution in [0.1, 0.15) is 71.1 Å². The highest BCUT2D eigenvalue weighted by Crippen LogP contribution is 2.42. The van der Waals surface area contributed by atoms with Crippen LogP contribution in [0, 0.1) is 5.92 Å². The van der Waals surface area contributed by atoms with Gasteiger partial charge in [0.1, 0.15) is 0 Å². The fourth-order valence-electron chi connectivity index (χ4n) is 5.31. The molecule has 2 aliphatic rings. The van der Waals surface area contributed by atoms with Crippen LogP contribution in [0.5, 0.6) is 0 Å². The molecule has 2 aromatic rings. The summed E-state index contributed by atoms with van der Waals surface area (Å²) in [5.41, 5.74) is 10.1. The number of carboxylic acids is 1. The van der Waals surface area contributed by atoms with E-state index in [-0.39, 0.29) is 18.1 Å². The summed E-state index contributed by atoms with van der Waals surface area (Å²) in [4.78, 5) is 24.8. The maximum absolute atomic E-state index is 13.3. The average Bonchev–Trinajstić information content (AvgIpc) is 2.88. The number of carboxylic acid groups (broad SMARTS) is 1. The lowest BCUT2D eigenvalue weighted by molar-refractivity contribution is -0.139. The Hall–Kier alpha value is -3.03. The van der Waals surface area contributed by atoms with Crippen molar-refractivity contribution in [3.63, 3.8) is 0 Å². The Balaban J connectivity index is 1.55. The minimum absolute atomic E-state index is 0.00171. The summed E-state index contributed by atoms with van der Waals surface area (Å²) in [6.45, 7) is 2.40. The van der Waals surface area contributed by atoms with Gasteiger partial charge in [-0.05, 0) is 67.2 Å². The van der Waals surface area contributed by atoms with Gasteiger partial charge in [-0.25, -0.2) is 0 Å². The van der Waals surface area contributed by atoms with Crippen molar-refractivity contribution in [2.45, 2.75) is 50.5 Å². The van der Waals surface area contributed by atoms with E-state index in [0.717, 1.165) is 36.2 Å². The molecular weight excluding hydrogens is 442 g/mol. The van der Waals surface area contributed by atoms with E-state index < -0.39 is 11.5 Å². The molecule has 35 heavy (non-hydrogen) atoms. The molecule has 7 heteroatoms. The minimum atomic E-state index is -0.859. The van der Waals surface area contributed by atoms with Crippen LogP contribution in [0.3, 0.4) is 0 Å². The largest absolute Gasteiger partial charge is 0.481 e. The lowest BCUT2D eigenvalue weighted by atomic mass is 9.66. The second-order valence-corrected chi connectivity index (χ2v) is 9.70. The molecule has 186 valence electrons. The van der Waals surface area contributed by atoms with E-state index in [9.17, 15) is 14.7 Å². The molecule has 3 N–H and O–H groups in total. The van der Waals surface area contributed by atoms with Crippen molar-refractivity contribution in [1.29, 1.82) is 0 Å². The zero-order valence-corrected chi connectivity index (χ0v) is 20.4. The number of ether oxygens (including phenoxy) is 1. The molecule has 0 spiro atoms. The van der Waals surface area contributed by atoms with Crippen molar-refractivity contribution in [3.8, 4) is 0 Å². The number of aryl methyl sites for hydroxylation is 1. The molecule has 2 unspecified atom stereocenters. The number of hydrazone groups is 1. The lowest BCUT2D eigenvalue weighted by Crippen LogP contribution is -2.49. The van der Waals surface area contributed by atoms with Crippen molar-refractivity contribution < 1.29 is 19.4 Å². The van der Waals surface area contributed by atoms with Gasteiger partial charge in [-0.1, -0.05) is 36.4 Å². The molecule has 0 radical (unpaired) electrons. The Bertz CT molecular complexity index is 1080. The highest BCUT2D eigenvalue weighted by atomic mass is 16.5. The third kappa shape index (κ3) is 5.80. The zero-order valence-electron chi connectivity index (χ0n) is 20.4. The standard InChI is InChI=1S/C28H35N3O4/c1-35-16-13-28(29)24(18-26(32)33)12-11-21-9-10-23(17-25(21)28)27(34)22-7-5-20(6-8-22)19-30-31-14-3-2-4-15-31/h5-10,17,19,24H,2-4,11-16,18,29H2,1H3,(H,32,33). The van der Waals surface area contributed by atoms with Gasteiger partial charge in [-0.2, -0.15) is 5.10 Å². The molecule has 1 saturated heterocycles. The molecular formula is C28H35N3O4. The van der Waals surface area contributed by atoms with E-state index >= 15 is 0 Å². The monoisotopic (exact) mass is 477 g/mol. The minimum Gasteiger partial charge on any atom is -0.481 e. The number of piperidine rings is 1. The molecule has 2 aromatic carbocycles. The molecule has 4 rings (SSSR count). The predicted octanol–water partition coefficient (Wildman–Crippen LogP) is 3.97. The quantitative estimate of drug-likeness (QED) is 0.418. The number of hydrogen-bond donors (Lipinski definition) is 2. The van der Waals surface area contributed by atoms with Crippen LogP contribution in [0.2, 0.25) is 0 Å². The third-order valence-corrected chi connectivity index (χ3v) is 7.38. The fraction of sp³-hybridized carbons (Fsp3) is 0.464. The molecule has 0 aromatic heterocycles. The number of carbonyl (C=O) groups excluding carboxylic acids is 1. The molecule has 2 atom stereocenters. The van der Waals surface area contributed by atoms with E-state index in [4.69, 9.17) is 10.5 Å². The first-order valence-electron chi connectivity index (χ1n) is 12.5. The first kappa shape index (κ1) is 25.1. The van der Waals surface area contributed by atoms with Gasteiger partial charge in [0.2, 0.25) is 0 Å². The van der Waals surface area contributed by atoms with E-state index in [1.807, 2.05) is 48.7 Å². The summed E-state index contributed by atoms with van der Waals surface area (Å²) in [6, 6.07) is 13.2. The van der Waals surface area contributed by atoms with Gasteiger partial charge in [-0.15, -0.1) is 0 Å². The van der Waals surface area contributed by atoms with Crippen LogP contribution < -0.4 is 5.73 Å². The van der Waals surface area contributed by atoms with Gasteiger partial charge in [0.05, 0.1) is 12.6 Å². The van der Waals surface area contributed by atoms with Gasteiger partial charge in [0.25, 0.3) is 0 Å². The summed E-state index contributed by atoms with van der Waals surface area (Å²) in [7, 11) is 1.61. The highest BCUT2D eigenvalue weighted by Gasteiger charge is 2.42. The molecule has 0 amide bonds. The first-order chi connectivity index (χ1) is 16.9. The van der Waals surface area contributed by atoms with Crippen LogP contribution in [-0.4, -0.2) is 54.9 Å². The predicted molar refractivity (Wildman–Crippen MR) is 136 cm³/mol. The molecule has 1 fully saturated rings. The second-order valence-electron chi connectivity index (χ2n) is 9.70. The molecule has 1 heterocycles. The summed E-state index contributed by atoms with van der Waals surface area (Å²) < 4.78 is 5.29. The van der Waals surface area contributed by atoms with E-state index in [0.29, 0.717) is 30.6 Å². The Morgan fingerprint density at radius 3 is 2.54 bits per heavy atom.